The van der Waals surface area contributed by atoms with Crippen LogP contribution in [0.3, 0.4) is 0 Å². The average Bonchev–Trinajstić information content (AvgIpc) is 2.49. The van der Waals surface area contributed by atoms with Crippen molar-refractivity contribution in [1.29, 1.82) is 0 Å². The molecule has 3 nitrogen and oxygen atoms in total. The van der Waals surface area contributed by atoms with Crippen LogP contribution in [0.25, 0.3) is 10.9 Å². The zero-order valence-electron chi connectivity index (χ0n) is 12.7. The molecule has 0 radical (unpaired) electrons. The van der Waals surface area contributed by atoms with Crippen LogP contribution in [0.15, 0.2) is 30.3 Å². The van der Waals surface area contributed by atoms with Crippen LogP contribution >= 0.6 is 0 Å². The molecule has 1 heterocycles. The van der Waals surface area contributed by atoms with Gasteiger partial charge in [-0.05, 0) is 62.3 Å². The zero-order valence-corrected chi connectivity index (χ0v) is 12.7. The lowest BCUT2D eigenvalue weighted by atomic mass is 9.75. The fraction of sp³-hybridized carbons (Fsp3) is 0.500. The standard InChI is InChI=1S/C18H23NO2/c1-12-7-9-18(21,10-8-12)17(20)15-5-6-16-14(11-15)4-3-13(2)19-16/h3-6,11-12,17,20-21H,7-10H2,1-2H3. The summed E-state index contributed by atoms with van der Waals surface area (Å²) < 4.78 is 0. The van der Waals surface area contributed by atoms with Gasteiger partial charge < -0.3 is 10.2 Å². The maximum Gasteiger partial charge on any atom is 0.108 e. The van der Waals surface area contributed by atoms with Crippen LogP contribution in [-0.2, 0) is 0 Å². The molecule has 2 N–H and O–H groups in total. The Bertz CT molecular complexity index is 645. The Morgan fingerprint density at radius 2 is 1.90 bits per heavy atom. The summed E-state index contributed by atoms with van der Waals surface area (Å²) in [5.74, 6) is 0.640. The van der Waals surface area contributed by atoms with Crippen LogP contribution in [0.5, 0.6) is 0 Å². The van der Waals surface area contributed by atoms with Crippen LogP contribution in [0.1, 0.15) is 50.0 Å². The Balaban J connectivity index is 1.90. The summed E-state index contributed by atoms with van der Waals surface area (Å²) in [7, 11) is 0. The van der Waals surface area contributed by atoms with E-state index in [9.17, 15) is 10.2 Å². The van der Waals surface area contributed by atoms with Crippen LogP contribution in [-0.4, -0.2) is 20.8 Å². The average molecular weight is 285 g/mol. The van der Waals surface area contributed by atoms with Crippen molar-refractivity contribution in [3.63, 3.8) is 0 Å². The molecular formula is C18H23NO2. The monoisotopic (exact) mass is 285 g/mol. The molecule has 0 bridgehead atoms. The van der Waals surface area contributed by atoms with Crippen molar-refractivity contribution in [3.05, 3.63) is 41.6 Å². The van der Waals surface area contributed by atoms with Gasteiger partial charge in [-0.1, -0.05) is 19.1 Å². The van der Waals surface area contributed by atoms with Gasteiger partial charge in [0.25, 0.3) is 0 Å². The topological polar surface area (TPSA) is 53.4 Å². The minimum absolute atomic E-state index is 0.640. The smallest absolute Gasteiger partial charge is 0.108 e. The molecule has 1 aliphatic carbocycles. The highest BCUT2D eigenvalue weighted by atomic mass is 16.3. The fourth-order valence-corrected chi connectivity index (χ4v) is 3.26. The third-order valence-electron chi connectivity index (χ3n) is 4.82. The van der Waals surface area contributed by atoms with Crippen molar-refractivity contribution in [1.82, 2.24) is 4.98 Å². The quantitative estimate of drug-likeness (QED) is 0.887. The molecule has 0 amide bonds. The van der Waals surface area contributed by atoms with Crippen molar-refractivity contribution < 1.29 is 10.2 Å². The van der Waals surface area contributed by atoms with E-state index in [4.69, 9.17) is 0 Å². The summed E-state index contributed by atoms with van der Waals surface area (Å²) in [5, 5.41) is 22.4. The van der Waals surface area contributed by atoms with Crippen molar-refractivity contribution in [3.8, 4) is 0 Å². The summed E-state index contributed by atoms with van der Waals surface area (Å²) in [4.78, 5) is 4.47. The highest BCUT2D eigenvalue weighted by Gasteiger charge is 2.39. The van der Waals surface area contributed by atoms with Crippen LogP contribution in [0, 0.1) is 12.8 Å². The van der Waals surface area contributed by atoms with Gasteiger partial charge in [0.2, 0.25) is 0 Å². The molecule has 1 fully saturated rings. The zero-order chi connectivity index (χ0) is 15.0. The second-order valence-corrected chi connectivity index (χ2v) is 6.59. The lowest BCUT2D eigenvalue weighted by Gasteiger charge is -2.38. The van der Waals surface area contributed by atoms with E-state index < -0.39 is 11.7 Å². The number of hydrogen-bond acceptors (Lipinski definition) is 3. The predicted octanol–water partition coefficient (Wildman–Crippen LogP) is 3.52. The molecule has 21 heavy (non-hydrogen) atoms. The van der Waals surface area contributed by atoms with Gasteiger partial charge in [0.1, 0.15) is 6.10 Å². The lowest BCUT2D eigenvalue weighted by Crippen LogP contribution is -2.39. The third kappa shape index (κ3) is 2.81. The largest absolute Gasteiger partial charge is 0.387 e. The number of hydrogen-bond donors (Lipinski definition) is 2. The number of rotatable bonds is 2. The lowest BCUT2D eigenvalue weighted by molar-refractivity contribution is -0.105. The molecule has 1 aromatic heterocycles. The number of fused-ring (bicyclic) bond motifs is 1. The van der Waals surface area contributed by atoms with E-state index in [0.29, 0.717) is 18.8 Å². The Kier molecular flexibility index (Phi) is 3.72. The summed E-state index contributed by atoms with van der Waals surface area (Å²) in [6.07, 6.45) is 2.46. The molecule has 0 saturated heterocycles. The number of aliphatic hydroxyl groups excluding tert-OH is 1. The Morgan fingerprint density at radius 1 is 1.19 bits per heavy atom. The summed E-state index contributed by atoms with van der Waals surface area (Å²) in [6, 6.07) is 9.74. The molecular weight excluding hydrogens is 262 g/mol. The first-order valence-electron chi connectivity index (χ1n) is 7.76. The van der Waals surface area contributed by atoms with Crippen LogP contribution < -0.4 is 0 Å². The van der Waals surface area contributed by atoms with E-state index >= 15 is 0 Å². The Hall–Kier alpha value is -1.45. The van der Waals surface area contributed by atoms with E-state index in [1.165, 1.54) is 0 Å². The van der Waals surface area contributed by atoms with E-state index in [0.717, 1.165) is 35.0 Å². The SMILES string of the molecule is Cc1ccc2cc(C(O)C3(O)CCC(C)CC3)ccc2n1. The molecule has 112 valence electrons. The van der Waals surface area contributed by atoms with Gasteiger partial charge in [-0.3, -0.25) is 4.98 Å². The highest BCUT2D eigenvalue weighted by molar-refractivity contribution is 5.79. The molecule has 2 aromatic rings. The molecule has 3 rings (SSSR count). The van der Waals surface area contributed by atoms with Crippen molar-refractivity contribution in [2.45, 2.75) is 51.2 Å². The van der Waals surface area contributed by atoms with Gasteiger partial charge in [0.15, 0.2) is 0 Å². The van der Waals surface area contributed by atoms with Crippen LogP contribution in [0.2, 0.25) is 0 Å². The minimum atomic E-state index is -0.988. The molecule has 0 spiro atoms. The molecule has 1 aromatic carbocycles. The van der Waals surface area contributed by atoms with Gasteiger partial charge in [-0.15, -0.1) is 0 Å². The number of nitrogens with zero attached hydrogens (tertiary/aromatic N) is 1. The number of aliphatic hydroxyl groups is 2. The van der Waals surface area contributed by atoms with Gasteiger partial charge >= 0.3 is 0 Å². The second-order valence-electron chi connectivity index (χ2n) is 6.59. The van der Waals surface area contributed by atoms with E-state index in [1.54, 1.807) is 0 Å². The number of aryl methyl sites for hydroxylation is 1. The van der Waals surface area contributed by atoms with E-state index in [2.05, 4.69) is 11.9 Å². The second kappa shape index (κ2) is 5.39. The third-order valence-corrected chi connectivity index (χ3v) is 4.82. The first-order valence-corrected chi connectivity index (χ1v) is 7.76. The van der Waals surface area contributed by atoms with Gasteiger partial charge in [0.05, 0.1) is 11.1 Å². The molecule has 1 saturated carbocycles. The molecule has 3 heteroatoms. The Labute approximate surface area is 125 Å². The van der Waals surface area contributed by atoms with E-state index in [-0.39, 0.29) is 0 Å². The molecule has 1 aliphatic rings. The number of aromatic nitrogens is 1. The maximum atomic E-state index is 10.8. The molecule has 1 unspecified atom stereocenters. The normalized spacial score (nSPS) is 27.7. The van der Waals surface area contributed by atoms with Gasteiger partial charge in [-0.2, -0.15) is 0 Å². The minimum Gasteiger partial charge on any atom is -0.387 e. The Morgan fingerprint density at radius 3 is 2.62 bits per heavy atom. The summed E-state index contributed by atoms with van der Waals surface area (Å²) >= 11 is 0. The first kappa shape index (κ1) is 14.5. The number of benzene rings is 1. The first-order chi connectivity index (χ1) is 9.98. The van der Waals surface area contributed by atoms with Crippen molar-refractivity contribution in [2.24, 2.45) is 5.92 Å². The van der Waals surface area contributed by atoms with E-state index in [1.807, 2.05) is 37.3 Å². The summed E-state index contributed by atoms with van der Waals surface area (Å²) in [6.45, 7) is 4.17. The fourth-order valence-electron chi connectivity index (χ4n) is 3.26. The molecule has 0 aliphatic heterocycles. The van der Waals surface area contributed by atoms with Gasteiger partial charge in [-0.25, -0.2) is 0 Å². The van der Waals surface area contributed by atoms with Crippen LogP contribution in [0.4, 0.5) is 0 Å². The number of pyridine rings is 1. The van der Waals surface area contributed by atoms with Gasteiger partial charge in [0, 0.05) is 11.1 Å². The molecule has 1 atom stereocenters. The highest BCUT2D eigenvalue weighted by Crippen LogP contribution is 2.40. The van der Waals surface area contributed by atoms with Crippen molar-refractivity contribution >= 4 is 10.9 Å². The maximum absolute atomic E-state index is 10.8. The van der Waals surface area contributed by atoms with Crippen molar-refractivity contribution in [2.75, 3.05) is 0 Å². The predicted molar refractivity (Wildman–Crippen MR) is 84.0 cm³/mol. The summed E-state index contributed by atoms with van der Waals surface area (Å²) in [5.41, 5.74) is 1.70.